The Morgan fingerprint density at radius 1 is 1.18 bits per heavy atom. The Hall–Kier alpha value is -1.02. The maximum Gasteiger partial charge on any atom is 0.122 e. The minimum Gasteiger partial charge on any atom is -0.496 e. The molecule has 1 aliphatic rings. The highest BCUT2D eigenvalue weighted by atomic mass is 16.5. The lowest BCUT2D eigenvalue weighted by atomic mass is 9.93. The number of rotatable bonds is 1. The van der Waals surface area contributed by atoms with Crippen LogP contribution in [0.5, 0.6) is 5.75 Å². The van der Waals surface area contributed by atoms with E-state index in [-0.39, 0.29) is 5.54 Å². The van der Waals surface area contributed by atoms with E-state index in [1.54, 1.807) is 7.11 Å². The lowest BCUT2D eigenvalue weighted by Gasteiger charge is -2.39. The first-order chi connectivity index (χ1) is 7.91. The standard InChI is InChI=1S/C15H23NO/c1-11-8-12-6-7-16(15(2,3)4)10-13(12)9-14(11)17-5/h8-9H,6-7,10H2,1-5H3. The van der Waals surface area contributed by atoms with Gasteiger partial charge in [-0.25, -0.2) is 0 Å². The number of ether oxygens (including phenoxy) is 1. The molecule has 0 atom stereocenters. The van der Waals surface area contributed by atoms with Crippen molar-refractivity contribution in [2.75, 3.05) is 13.7 Å². The van der Waals surface area contributed by atoms with Gasteiger partial charge >= 0.3 is 0 Å². The van der Waals surface area contributed by atoms with Gasteiger partial charge in [-0.3, -0.25) is 4.90 Å². The minimum absolute atomic E-state index is 0.246. The molecule has 0 bridgehead atoms. The Morgan fingerprint density at radius 2 is 1.88 bits per heavy atom. The third-order valence-electron chi connectivity index (χ3n) is 3.68. The van der Waals surface area contributed by atoms with Crippen molar-refractivity contribution in [1.29, 1.82) is 0 Å². The molecule has 94 valence electrons. The van der Waals surface area contributed by atoms with Crippen LogP contribution in [0.2, 0.25) is 0 Å². The highest BCUT2D eigenvalue weighted by Gasteiger charge is 2.26. The average molecular weight is 233 g/mol. The van der Waals surface area contributed by atoms with E-state index in [0.29, 0.717) is 0 Å². The fourth-order valence-electron chi connectivity index (χ4n) is 2.50. The normalized spacial score (nSPS) is 16.8. The third kappa shape index (κ3) is 2.47. The Labute approximate surface area is 105 Å². The first kappa shape index (κ1) is 12.4. The first-order valence-corrected chi connectivity index (χ1v) is 6.33. The molecule has 0 aliphatic carbocycles. The topological polar surface area (TPSA) is 12.5 Å². The Kier molecular flexibility index (Phi) is 3.17. The van der Waals surface area contributed by atoms with E-state index in [0.717, 1.165) is 25.3 Å². The highest BCUT2D eigenvalue weighted by molar-refractivity contribution is 5.43. The lowest BCUT2D eigenvalue weighted by molar-refractivity contribution is 0.120. The molecule has 1 heterocycles. The molecule has 0 saturated carbocycles. The van der Waals surface area contributed by atoms with Gasteiger partial charge < -0.3 is 4.74 Å². The summed E-state index contributed by atoms with van der Waals surface area (Å²) >= 11 is 0. The number of methoxy groups -OCH3 is 1. The summed E-state index contributed by atoms with van der Waals surface area (Å²) in [6.07, 6.45) is 1.15. The molecule has 1 aromatic rings. The van der Waals surface area contributed by atoms with Crippen LogP contribution in [0.3, 0.4) is 0 Å². The van der Waals surface area contributed by atoms with E-state index in [2.05, 4.69) is 44.7 Å². The maximum absolute atomic E-state index is 5.41. The molecule has 1 aliphatic heterocycles. The molecule has 0 unspecified atom stereocenters. The summed E-state index contributed by atoms with van der Waals surface area (Å²) in [6.45, 7) is 11.2. The molecule has 0 amide bonds. The highest BCUT2D eigenvalue weighted by Crippen LogP contribution is 2.30. The fraction of sp³-hybridized carbons (Fsp3) is 0.600. The Bertz CT molecular complexity index is 418. The van der Waals surface area contributed by atoms with Gasteiger partial charge in [0.2, 0.25) is 0 Å². The number of fused-ring (bicyclic) bond motifs is 1. The largest absolute Gasteiger partial charge is 0.496 e. The molecule has 0 saturated heterocycles. The van der Waals surface area contributed by atoms with Crippen LogP contribution in [0.15, 0.2) is 12.1 Å². The van der Waals surface area contributed by atoms with Crippen molar-refractivity contribution in [3.8, 4) is 5.75 Å². The second-order valence-electron chi connectivity index (χ2n) is 5.93. The lowest BCUT2D eigenvalue weighted by Crippen LogP contribution is -2.44. The molecule has 0 N–H and O–H groups in total. The smallest absolute Gasteiger partial charge is 0.122 e. The van der Waals surface area contributed by atoms with Crippen molar-refractivity contribution in [2.45, 2.75) is 46.2 Å². The monoisotopic (exact) mass is 233 g/mol. The summed E-state index contributed by atoms with van der Waals surface area (Å²) in [5.41, 5.74) is 4.41. The van der Waals surface area contributed by atoms with Crippen LogP contribution >= 0.6 is 0 Å². The van der Waals surface area contributed by atoms with Crippen molar-refractivity contribution in [1.82, 2.24) is 4.90 Å². The quantitative estimate of drug-likeness (QED) is 0.739. The zero-order chi connectivity index (χ0) is 12.6. The predicted molar refractivity (Wildman–Crippen MR) is 71.6 cm³/mol. The van der Waals surface area contributed by atoms with Crippen LogP contribution in [-0.4, -0.2) is 24.1 Å². The van der Waals surface area contributed by atoms with E-state index in [1.165, 1.54) is 16.7 Å². The van der Waals surface area contributed by atoms with Crippen LogP contribution in [-0.2, 0) is 13.0 Å². The van der Waals surface area contributed by atoms with Gasteiger partial charge in [-0.05, 0) is 56.9 Å². The zero-order valence-electron chi connectivity index (χ0n) is 11.6. The molecular weight excluding hydrogens is 210 g/mol. The fourth-order valence-corrected chi connectivity index (χ4v) is 2.50. The van der Waals surface area contributed by atoms with E-state index < -0.39 is 0 Å². The third-order valence-corrected chi connectivity index (χ3v) is 3.68. The number of benzene rings is 1. The Balaban J connectivity index is 2.31. The van der Waals surface area contributed by atoms with Crippen LogP contribution in [0.1, 0.15) is 37.5 Å². The number of nitrogens with zero attached hydrogens (tertiary/aromatic N) is 1. The van der Waals surface area contributed by atoms with E-state index in [9.17, 15) is 0 Å². The molecule has 2 nitrogen and oxygen atoms in total. The first-order valence-electron chi connectivity index (χ1n) is 6.33. The van der Waals surface area contributed by atoms with Crippen molar-refractivity contribution in [3.05, 3.63) is 28.8 Å². The summed E-state index contributed by atoms with van der Waals surface area (Å²) in [5, 5.41) is 0. The summed E-state index contributed by atoms with van der Waals surface area (Å²) < 4.78 is 5.41. The second-order valence-corrected chi connectivity index (χ2v) is 5.93. The summed E-state index contributed by atoms with van der Waals surface area (Å²) in [5.74, 6) is 1.01. The summed E-state index contributed by atoms with van der Waals surface area (Å²) in [7, 11) is 1.75. The van der Waals surface area contributed by atoms with E-state index in [4.69, 9.17) is 4.74 Å². The van der Waals surface area contributed by atoms with Gasteiger partial charge in [0.1, 0.15) is 5.75 Å². The predicted octanol–water partition coefficient (Wildman–Crippen LogP) is 3.16. The Morgan fingerprint density at radius 3 is 2.47 bits per heavy atom. The molecule has 0 radical (unpaired) electrons. The van der Waals surface area contributed by atoms with Gasteiger partial charge in [-0.1, -0.05) is 6.07 Å². The van der Waals surface area contributed by atoms with Crippen molar-refractivity contribution in [3.63, 3.8) is 0 Å². The van der Waals surface area contributed by atoms with Gasteiger partial charge in [0.25, 0.3) is 0 Å². The van der Waals surface area contributed by atoms with Crippen LogP contribution in [0.4, 0.5) is 0 Å². The van der Waals surface area contributed by atoms with E-state index in [1.807, 2.05) is 0 Å². The van der Waals surface area contributed by atoms with Gasteiger partial charge in [0.05, 0.1) is 7.11 Å². The molecule has 2 heteroatoms. The van der Waals surface area contributed by atoms with E-state index >= 15 is 0 Å². The summed E-state index contributed by atoms with van der Waals surface area (Å²) in [6, 6.07) is 4.50. The van der Waals surface area contributed by atoms with Gasteiger partial charge in [0, 0.05) is 18.6 Å². The summed E-state index contributed by atoms with van der Waals surface area (Å²) in [4.78, 5) is 2.53. The molecular formula is C15H23NO. The van der Waals surface area contributed by atoms with Gasteiger partial charge in [-0.2, -0.15) is 0 Å². The minimum atomic E-state index is 0.246. The number of hydrogen-bond donors (Lipinski definition) is 0. The molecule has 1 aromatic carbocycles. The average Bonchev–Trinajstić information content (AvgIpc) is 2.26. The SMILES string of the molecule is COc1cc2c(cc1C)CCN(C(C)(C)C)C2. The van der Waals surface area contributed by atoms with Crippen molar-refractivity contribution in [2.24, 2.45) is 0 Å². The zero-order valence-corrected chi connectivity index (χ0v) is 11.6. The molecule has 2 rings (SSSR count). The van der Waals surface area contributed by atoms with Crippen molar-refractivity contribution < 1.29 is 4.74 Å². The second kappa shape index (κ2) is 4.34. The van der Waals surface area contributed by atoms with Crippen molar-refractivity contribution >= 4 is 0 Å². The molecule has 0 fully saturated rings. The molecule has 0 spiro atoms. The number of aryl methyl sites for hydroxylation is 1. The maximum atomic E-state index is 5.41. The van der Waals surface area contributed by atoms with Crippen LogP contribution in [0, 0.1) is 6.92 Å². The van der Waals surface area contributed by atoms with Gasteiger partial charge in [-0.15, -0.1) is 0 Å². The molecule has 0 aromatic heterocycles. The van der Waals surface area contributed by atoms with Crippen LogP contribution in [0.25, 0.3) is 0 Å². The van der Waals surface area contributed by atoms with Gasteiger partial charge in [0.15, 0.2) is 0 Å². The molecule has 17 heavy (non-hydrogen) atoms. The number of hydrogen-bond acceptors (Lipinski definition) is 2. The van der Waals surface area contributed by atoms with Crippen LogP contribution < -0.4 is 4.74 Å².